The highest BCUT2D eigenvalue weighted by molar-refractivity contribution is 6.30. The molecule has 1 unspecified atom stereocenters. The number of nitrogens with two attached hydrogens (primary N) is 1. The minimum absolute atomic E-state index is 0.147. The molecular weight excluding hydrogens is 251 g/mol. The number of hydrogen-bond acceptors (Lipinski definition) is 1. The van der Waals surface area contributed by atoms with Crippen LogP contribution in [0.15, 0.2) is 36.7 Å². The van der Waals surface area contributed by atoms with Crippen LogP contribution in [-0.2, 0) is 13.0 Å². The van der Waals surface area contributed by atoms with Gasteiger partial charge in [-0.15, -0.1) is 0 Å². The summed E-state index contributed by atoms with van der Waals surface area (Å²) in [6, 6.07) is 7.06. The third-order valence-electron chi connectivity index (χ3n) is 2.72. The molecule has 1 aromatic heterocycles. The molecule has 18 heavy (non-hydrogen) atoms. The summed E-state index contributed by atoms with van der Waals surface area (Å²) in [4.78, 5) is 0. The Kier molecular flexibility index (Phi) is 4.04. The van der Waals surface area contributed by atoms with Gasteiger partial charge >= 0.3 is 0 Å². The average Bonchev–Trinajstić information content (AvgIpc) is 2.70. The monoisotopic (exact) mass is 266 g/mol. The summed E-state index contributed by atoms with van der Waals surface area (Å²) in [5.74, 6) is -0.378. The summed E-state index contributed by atoms with van der Waals surface area (Å²) in [5, 5.41) is 0.156. The Morgan fingerprint density at radius 2 is 2.11 bits per heavy atom. The molecule has 0 aliphatic carbocycles. The molecule has 4 heteroatoms. The first-order valence-electron chi connectivity index (χ1n) is 5.89. The normalized spacial score (nSPS) is 12.7. The Morgan fingerprint density at radius 3 is 2.78 bits per heavy atom. The maximum absolute atomic E-state index is 13.3. The van der Waals surface area contributed by atoms with Crippen LogP contribution in [0, 0.1) is 5.82 Å². The number of rotatable bonds is 4. The summed E-state index contributed by atoms with van der Waals surface area (Å²) in [5.41, 5.74) is 7.83. The second-order valence-electron chi connectivity index (χ2n) is 4.62. The van der Waals surface area contributed by atoms with E-state index in [1.165, 1.54) is 11.6 Å². The molecule has 96 valence electrons. The molecule has 2 N–H and O–H groups in total. The van der Waals surface area contributed by atoms with Gasteiger partial charge < -0.3 is 10.3 Å². The van der Waals surface area contributed by atoms with E-state index in [4.69, 9.17) is 17.3 Å². The SMILES string of the molecule is CC(N)Cc1ccn(Cc2ccc(Cl)c(F)c2)c1. The maximum Gasteiger partial charge on any atom is 0.142 e. The summed E-state index contributed by atoms with van der Waals surface area (Å²) in [7, 11) is 0. The topological polar surface area (TPSA) is 30.9 Å². The van der Waals surface area contributed by atoms with Gasteiger partial charge in [-0.1, -0.05) is 17.7 Å². The van der Waals surface area contributed by atoms with Gasteiger partial charge in [-0.05, 0) is 42.7 Å². The van der Waals surface area contributed by atoms with Crippen LogP contribution in [0.1, 0.15) is 18.1 Å². The molecular formula is C14H16ClFN2. The van der Waals surface area contributed by atoms with Gasteiger partial charge in [0.05, 0.1) is 5.02 Å². The third-order valence-corrected chi connectivity index (χ3v) is 3.03. The van der Waals surface area contributed by atoms with E-state index >= 15 is 0 Å². The van der Waals surface area contributed by atoms with Crippen LogP contribution in [0.3, 0.4) is 0 Å². The first-order chi connectivity index (χ1) is 8.54. The zero-order valence-electron chi connectivity index (χ0n) is 10.2. The Hall–Kier alpha value is -1.32. The second kappa shape index (κ2) is 5.55. The van der Waals surface area contributed by atoms with Crippen molar-refractivity contribution in [2.24, 2.45) is 5.73 Å². The van der Waals surface area contributed by atoms with Gasteiger partial charge in [0.2, 0.25) is 0 Å². The molecule has 1 atom stereocenters. The molecule has 0 aliphatic heterocycles. The predicted molar refractivity (Wildman–Crippen MR) is 72.3 cm³/mol. The lowest BCUT2D eigenvalue weighted by atomic mass is 10.1. The van der Waals surface area contributed by atoms with E-state index in [1.54, 1.807) is 6.07 Å². The lowest BCUT2D eigenvalue weighted by Crippen LogP contribution is -2.17. The van der Waals surface area contributed by atoms with E-state index in [0.29, 0.717) is 6.54 Å². The molecule has 1 aromatic carbocycles. The van der Waals surface area contributed by atoms with Crippen LogP contribution < -0.4 is 5.73 Å². The van der Waals surface area contributed by atoms with Crippen LogP contribution in [0.5, 0.6) is 0 Å². The molecule has 0 amide bonds. The van der Waals surface area contributed by atoms with Crippen LogP contribution >= 0.6 is 11.6 Å². The van der Waals surface area contributed by atoms with Gasteiger partial charge in [0.1, 0.15) is 5.82 Å². The number of aromatic nitrogens is 1. The number of halogens is 2. The molecule has 2 aromatic rings. The molecule has 2 nitrogen and oxygen atoms in total. The smallest absolute Gasteiger partial charge is 0.142 e. The van der Waals surface area contributed by atoms with Crippen molar-refractivity contribution in [2.75, 3.05) is 0 Å². The third kappa shape index (κ3) is 3.34. The van der Waals surface area contributed by atoms with Crippen LogP contribution in [0.4, 0.5) is 4.39 Å². The zero-order chi connectivity index (χ0) is 13.1. The summed E-state index contributed by atoms with van der Waals surface area (Å²) in [6.07, 6.45) is 4.86. The lowest BCUT2D eigenvalue weighted by molar-refractivity contribution is 0.624. The summed E-state index contributed by atoms with van der Waals surface area (Å²) < 4.78 is 15.3. The molecule has 2 rings (SSSR count). The summed E-state index contributed by atoms with van der Waals surface area (Å²) in [6.45, 7) is 2.61. The fourth-order valence-corrected chi connectivity index (χ4v) is 2.05. The van der Waals surface area contributed by atoms with Gasteiger partial charge in [0.25, 0.3) is 0 Å². The Bertz CT molecular complexity index is 534. The largest absolute Gasteiger partial charge is 0.350 e. The van der Waals surface area contributed by atoms with Gasteiger partial charge in [-0.3, -0.25) is 0 Å². The van der Waals surface area contributed by atoms with E-state index in [0.717, 1.165) is 12.0 Å². The summed E-state index contributed by atoms with van der Waals surface area (Å²) >= 11 is 5.65. The van der Waals surface area contributed by atoms with Gasteiger partial charge in [-0.2, -0.15) is 0 Å². The van der Waals surface area contributed by atoms with Crippen molar-refractivity contribution in [3.05, 3.63) is 58.6 Å². The molecule has 0 spiro atoms. The van der Waals surface area contributed by atoms with Gasteiger partial charge in [0.15, 0.2) is 0 Å². The quantitative estimate of drug-likeness (QED) is 0.905. The average molecular weight is 267 g/mol. The fourth-order valence-electron chi connectivity index (χ4n) is 1.93. The molecule has 0 fully saturated rings. The number of benzene rings is 1. The molecule has 0 aliphatic rings. The van der Waals surface area contributed by atoms with E-state index in [2.05, 4.69) is 0 Å². The Labute approximate surface area is 111 Å². The van der Waals surface area contributed by atoms with Crippen molar-refractivity contribution in [3.8, 4) is 0 Å². The number of hydrogen-bond donors (Lipinski definition) is 1. The van der Waals surface area contributed by atoms with Crippen LogP contribution in [0.2, 0.25) is 5.02 Å². The molecule has 0 saturated heterocycles. The van der Waals surface area contributed by atoms with Crippen LogP contribution in [0.25, 0.3) is 0 Å². The van der Waals surface area contributed by atoms with Gasteiger partial charge in [0, 0.05) is 25.0 Å². The van der Waals surface area contributed by atoms with Crippen molar-refractivity contribution < 1.29 is 4.39 Å². The van der Waals surface area contributed by atoms with Gasteiger partial charge in [-0.25, -0.2) is 4.39 Å². The first-order valence-corrected chi connectivity index (χ1v) is 6.26. The highest BCUT2D eigenvalue weighted by Crippen LogP contribution is 2.16. The predicted octanol–water partition coefficient (Wildman–Crippen LogP) is 3.22. The minimum Gasteiger partial charge on any atom is -0.350 e. The maximum atomic E-state index is 13.3. The highest BCUT2D eigenvalue weighted by atomic mass is 35.5. The first kappa shape index (κ1) is 13.1. The Balaban J connectivity index is 2.08. The molecule has 0 bridgehead atoms. The van der Waals surface area contributed by atoms with E-state index < -0.39 is 0 Å². The molecule has 0 saturated carbocycles. The molecule has 0 radical (unpaired) electrons. The van der Waals surface area contributed by atoms with Crippen molar-refractivity contribution >= 4 is 11.6 Å². The molecule has 1 heterocycles. The minimum atomic E-state index is -0.378. The second-order valence-corrected chi connectivity index (χ2v) is 5.03. The fraction of sp³-hybridized carbons (Fsp3) is 0.286. The van der Waals surface area contributed by atoms with E-state index in [1.807, 2.05) is 36.0 Å². The number of nitrogens with zero attached hydrogens (tertiary/aromatic N) is 1. The van der Waals surface area contributed by atoms with Crippen molar-refractivity contribution in [1.82, 2.24) is 4.57 Å². The van der Waals surface area contributed by atoms with Crippen LogP contribution in [-0.4, -0.2) is 10.6 Å². The zero-order valence-corrected chi connectivity index (χ0v) is 11.0. The standard InChI is InChI=1S/C14H16ClFN2/c1-10(17)6-12-4-5-18(9-12)8-11-2-3-13(15)14(16)7-11/h2-5,7,9-10H,6,8,17H2,1H3. The highest BCUT2D eigenvalue weighted by Gasteiger charge is 2.03. The van der Waals surface area contributed by atoms with Crippen molar-refractivity contribution in [2.45, 2.75) is 25.9 Å². The van der Waals surface area contributed by atoms with E-state index in [-0.39, 0.29) is 16.9 Å². The lowest BCUT2D eigenvalue weighted by Gasteiger charge is -2.05. The Morgan fingerprint density at radius 1 is 1.33 bits per heavy atom. The van der Waals surface area contributed by atoms with Crippen molar-refractivity contribution in [3.63, 3.8) is 0 Å². The van der Waals surface area contributed by atoms with E-state index in [9.17, 15) is 4.39 Å². The van der Waals surface area contributed by atoms with Crippen molar-refractivity contribution in [1.29, 1.82) is 0 Å².